The van der Waals surface area contributed by atoms with Gasteiger partial charge in [0.1, 0.15) is 5.56 Å². The van der Waals surface area contributed by atoms with Crippen molar-refractivity contribution in [1.82, 2.24) is 15.2 Å². The zero-order valence-electron chi connectivity index (χ0n) is 17.4. The van der Waals surface area contributed by atoms with Gasteiger partial charge >= 0.3 is 0 Å². The maximum Gasteiger partial charge on any atom is 0.261 e. The number of pyridine rings is 1. The van der Waals surface area contributed by atoms with Crippen molar-refractivity contribution in [3.8, 4) is 11.5 Å². The smallest absolute Gasteiger partial charge is 0.261 e. The first-order valence-corrected chi connectivity index (χ1v) is 10.5. The Morgan fingerprint density at radius 1 is 1.24 bits per heavy atom. The second-order valence-electron chi connectivity index (χ2n) is 7.43. The Hall–Kier alpha value is -2.54. The van der Waals surface area contributed by atoms with E-state index in [0.717, 1.165) is 44.3 Å². The maximum absolute atomic E-state index is 12.6. The Bertz CT molecular complexity index is 887. The van der Waals surface area contributed by atoms with Crippen molar-refractivity contribution in [2.45, 2.75) is 39.0 Å². The molecular weight excluding hydrogens is 370 g/mol. The van der Waals surface area contributed by atoms with Gasteiger partial charge in [-0.1, -0.05) is 19.8 Å². The lowest BCUT2D eigenvalue weighted by Crippen LogP contribution is -2.35. The number of carbonyl (C=O) groups is 1. The number of methoxy groups -OCH3 is 1. The molecule has 7 nitrogen and oxygen atoms in total. The van der Waals surface area contributed by atoms with Gasteiger partial charge in [-0.3, -0.25) is 9.59 Å². The molecule has 0 atom stereocenters. The Morgan fingerprint density at radius 3 is 2.76 bits per heavy atom. The molecule has 2 aromatic rings. The number of fused-ring (bicyclic) bond motifs is 1. The summed E-state index contributed by atoms with van der Waals surface area (Å²) >= 11 is 0. The largest absolute Gasteiger partial charge is 0.493 e. The molecule has 3 rings (SSSR count). The van der Waals surface area contributed by atoms with Crippen LogP contribution in [0.5, 0.6) is 11.5 Å². The molecule has 0 bridgehead atoms. The first-order valence-electron chi connectivity index (χ1n) is 10.5. The highest BCUT2D eigenvalue weighted by molar-refractivity contribution is 5.98. The second-order valence-corrected chi connectivity index (χ2v) is 7.43. The Morgan fingerprint density at radius 2 is 2.03 bits per heavy atom. The van der Waals surface area contributed by atoms with Gasteiger partial charge in [-0.05, 0) is 50.6 Å². The third-order valence-corrected chi connectivity index (χ3v) is 5.31. The number of unbranched alkanes of at least 4 members (excludes halogenated alkanes) is 2. The minimum atomic E-state index is -0.428. The number of ether oxygens (including phenoxy) is 2. The molecule has 0 radical (unpaired) electrons. The molecule has 1 amide bonds. The van der Waals surface area contributed by atoms with E-state index in [2.05, 4.69) is 22.1 Å². The van der Waals surface area contributed by atoms with Gasteiger partial charge < -0.3 is 24.7 Å². The van der Waals surface area contributed by atoms with E-state index < -0.39 is 5.56 Å². The summed E-state index contributed by atoms with van der Waals surface area (Å²) in [6.45, 7) is 6.18. The van der Waals surface area contributed by atoms with E-state index in [-0.39, 0.29) is 11.5 Å². The predicted molar refractivity (Wildman–Crippen MR) is 114 cm³/mol. The van der Waals surface area contributed by atoms with Crippen LogP contribution in [0, 0.1) is 0 Å². The number of nitrogens with zero attached hydrogens (tertiary/aromatic N) is 1. The molecule has 0 saturated carbocycles. The molecule has 1 aromatic heterocycles. The predicted octanol–water partition coefficient (Wildman–Crippen LogP) is 2.93. The molecule has 1 saturated heterocycles. The van der Waals surface area contributed by atoms with Crippen LogP contribution >= 0.6 is 0 Å². The number of hydrogen-bond acceptors (Lipinski definition) is 5. The number of nitrogens with one attached hydrogen (secondary N) is 2. The maximum atomic E-state index is 12.6. The standard InChI is InChI=1S/C22H31N3O4/c1-3-4-7-14-29-20-18(28-2)9-8-16-15-17(22(27)24-19(16)20)21(26)23-10-13-25-11-5-6-12-25/h8-9,15H,3-7,10-14H2,1-2H3,(H,23,26)(H,24,27). The van der Waals surface area contributed by atoms with E-state index in [4.69, 9.17) is 9.47 Å². The summed E-state index contributed by atoms with van der Waals surface area (Å²) in [6.07, 6.45) is 5.53. The number of amides is 1. The fourth-order valence-corrected chi connectivity index (χ4v) is 3.66. The average molecular weight is 402 g/mol. The first kappa shape index (κ1) is 21.2. The van der Waals surface area contributed by atoms with Gasteiger partial charge in [0, 0.05) is 18.5 Å². The van der Waals surface area contributed by atoms with Gasteiger partial charge in [0.2, 0.25) is 0 Å². The quantitative estimate of drug-likeness (QED) is 0.598. The van der Waals surface area contributed by atoms with E-state index in [1.807, 2.05) is 6.07 Å². The molecule has 1 aliphatic heterocycles. The Labute approximate surface area is 171 Å². The summed E-state index contributed by atoms with van der Waals surface area (Å²) in [4.78, 5) is 30.3. The van der Waals surface area contributed by atoms with E-state index in [9.17, 15) is 9.59 Å². The highest BCUT2D eigenvalue weighted by atomic mass is 16.5. The molecule has 2 N–H and O–H groups in total. The molecule has 0 spiro atoms. The number of rotatable bonds is 10. The third kappa shape index (κ3) is 5.29. The number of aromatic nitrogens is 1. The number of aromatic amines is 1. The van der Waals surface area contributed by atoms with Crippen LogP contribution in [0.1, 0.15) is 49.4 Å². The van der Waals surface area contributed by atoms with Gasteiger partial charge in [0.05, 0.1) is 19.2 Å². The summed E-state index contributed by atoms with van der Waals surface area (Å²) in [6, 6.07) is 5.24. The summed E-state index contributed by atoms with van der Waals surface area (Å²) < 4.78 is 11.3. The Balaban J connectivity index is 1.77. The van der Waals surface area contributed by atoms with Crippen LogP contribution in [0.15, 0.2) is 23.0 Å². The lowest BCUT2D eigenvalue weighted by molar-refractivity contribution is 0.0948. The summed E-state index contributed by atoms with van der Waals surface area (Å²) in [5.74, 6) is 0.722. The molecular formula is C22H31N3O4. The van der Waals surface area contributed by atoms with Gasteiger partial charge in [0.15, 0.2) is 11.5 Å². The number of H-pyrrole nitrogens is 1. The lowest BCUT2D eigenvalue weighted by atomic mass is 10.1. The van der Waals surface area contributed by atoms with Crippen LogP contribution in [0.3, 0.4) is 0 Å². The molecule has 29 heavy (non-hydrogen) atoms. The van der Waals surface area contributed by atoms with Gasteiger partial charge in [-0.15, -0.1) is 0 Å². The van der Waals surface area contributed by atoms with Gasteiger partial charge in [0.25, 0.3) is 11.5 Å². The van der Waals surface area contributed by atoms with Gasteiger partial charge in [-0.25, -0.2) is 0 Å². The van der Waals surface area contributed by atoms with Crippen LogP contribution in [0.4, 0.5) is 0 Å². The van der Waals surface area contributed by atoms with Crippen LogP contribution in [0.25, 0.3) is 10.9 Å². The average Bonchev–Trinajstić information content (AvgIpc) is 3.24. The molecule has 1 aliphatic rings. The Kier molecular flexibility index (Phi) is 7.52. The van der Waals surface area contributed by atoms with Crippen molar-refractivity contribution >= 4 is 16.8 Å². The topological polar surface area (TPSA) is 83.7 Å². The van der Waals surface area contributed by atoms with E-state index in [0.29, 0.717) is 30.2 Å². The number of likely N-dealkylation sites (tertiary alicyclic amines) is 1. The lowest BCUT2D eigenvalue weighted by Gasteiger charge is -2.15. The number of carbonyl (C=O) groups excluding carboxylic acids is 1. The van der Waals surface area contributed by atoms with Crippen LogP contribution in [-0.4, -0.2) is 55.7 Å². The van der Waals surface area contributed by atoms with Crippen molar-refractivity contribution in [2.75, 3.05) is 39.9 Å². The SMILES string of the molecule is CCCCCOc1c(OC)ccc2cc(C(=O)NCCN3CCCC3)c(=O)[nH]c12. The minimum Gasteiger partial charge on any atom is -0.493 e. The number of benzene rings is 1. The van der Waals surface area contributed by atoms with Crippen molar-refractivity contribution in [3.05, 3.63) is 34.1 Å². The highest BCUT2D eigenvalue weighted by Gasteiger charge is 2.17. The second kappa shape index (κ2) is 10.3. The molecule has 2 heterocycles. The first-order chi connectivity index (χ1) is 14.1. The van der Waals surface area contributed by atoms with Crippen LogP contribution in [-0.2, 0) is 0 Å². The normalized spacial score (nSPS) is 14.3. The molecule has 0 unspecified atom stereocenters. The molecule has 0 aliphatic carbocycles. The minimum absolute atomic E-state index is 0.112. The zero-order valence-corrected chi connectivity index (χ0v) is 17.4. The summed E-state index contributed by atoms with van der Waals surface area (Å²) in [5, 5.41) is 3.60. The van der Waals surface area contributed by atoms with E-state index in [1.165, 1.54) is 12.8 Å². The van der Waals surface area contributed by atoms with E-state index in [1.54, 1.807) is 19.2 Å². The van der Waals surface area contributed by atoms with Crippen molar-refractivity contribution in [3.63, 3.8) is 0 Å². The fourth-order valence-electron chi connectivity index (χ4n) is 3.66. The third-order valence-electron chi connectivity index (χ3n) is 5.31. The zero-order chi connectivity index (χ0) is 20.6. The van der Waals surface area contributed by atoms with Crippen molar-refractivity contribution in [2.24, 2.45) is 0 Å². The summed E-state index contributed by atoms with van der Waals surface area (Å²) in [5.41, 5.74) is 0.239. The number of hydrogen-bond donors (Lipinski definition) is 2. The van der Waals surface area contributed by atoms with Crippen molar-refractivity contribution in [1.29, 1.82) is 0 Å². The highest BCUT2D eigenvalue weighted by Crippen LogP contribution is 2.34. The monoisotopic (exact) mass is 401 g/mol. The van der Waals surface area contributed by atoms with Gasteiger partial charge in [-0.2, -0.15) is 0 Å². The van der Waals surface area contributed by atoms with Crippen LogP contribution in [0.2, 0.25) is 0 Å². The molecule has 1 aromatic carbocycles. The van der Waals surface area contributed by atoms with Crippen LogP contribution < -0.4 is 20.3 Å². The summed E-state index contributed by atoms with van der Waals surface area (Å²) in [7, 11) is 1.57. The van der Waals surface area contributed by atoms with Crippen molar-refractivity contribution < 1.29 is 14.3 Å². The molecule has 7 heteroatoms. The molecule has 1 fully saturated rings. The fraction of sp³-hybridized carbons (Fsp3) is 0.545. The van der Waals surface area contributed by atoms with E-state index >= 15 is 0 Å². The molecule has 158 valence electrons.